The van der Waals surface area contributed by atoms with Gasteiger partial charge in [-0.3, -0.25) is 0 Å². The molecule has 30 heavy (non-hydrogen) atoms. The van der Waals surface area contributed by atoms with Crippen LogP contribution in [0, 0.1) is 0 Å². The Morgan fingerprint density at radius 3 is 2.67 bits per heavy atom. The van der Waals surface area contributed by atoms with Gasteiger partial charge in [0.2, 0.25) is 0 Å². The predicted octanol–water partition coefficient (Wildman–Crippen LogP) is 2.36. The number of pyridine rings is 1. The largest absolute Gasteiger partial charge is 0.494 e. The first-order valence-electron chi connectivity index (χ1n) is 10.8. The van der Waals surface area contributed by atoms with E-state index in [4.69, 9.17) is 9.73 Å². The number of nitrogens with zero attached hydrogens (tertiary/aromatic N) is 4. The average Bonchev–Trinajstić information content (AvgIpc) is 2.78. The Morgan fingerprint density at radius 2 is 1.90 bits per heavy atom. The second-order valence-corrected chi connectivity index (χ2v) is 7.45. The van der Waals surface area contributed by atoms with Gasteiger partial charge in [-0.2, -0.15) is 0 Å². The Bertz CT molecular complexity index is 774. The molecule has 1 saturated heterocycles. The zero-order chi connectivity index (χ0) is 21.0. The molecule has 1 aliphatic heterocycles. The smallest absolute Gasteiger partial charge is 0.191 e. The summed E-state index contributed by atoms with van der Waals surface area (Å²) in [7, 11) is 2.17. The number of rotatable bonds is 9. The third-order valence-electron chi connectivity index (χ3n) is 5.03. The first kappa shape index (κ1) is 21.9. The number of anilines is 1. The lowest BCUT2D eigenvalue weighted by atomic mass is 10.2. The Hall–Kier alpha value is -2.80. The number of para-hydroxylation sites is 1. The summed E-state index contributed by atoms with van der Waals surface area (Å²) in [6.07, 6.45) is 2.79. The van der Waals surface area contributed by atoms with Gasteiger partial charge >= 0.3 is 0 Å². The monoisotopic (exact) mass is 410 g/mol. The number of benzene rings is 1. The molecule has 1 aromatic heterocycles. The van der Waals surface area contributed by atoms with Crippen molar-refractivity contribution in [2.45, 2.75) is 19.9 Å². The maximum atomic E-state index is 5.74. The van der Waals surface area contributed by atoms with Crippen LogP contribution in [0.5, 0.6) is 5.75 Å². The summed E-state index contributed by atoms with van der Waals surface area (Å²) in [5, 5.41) is 6.70. The van der Waals surface area contributed by atoms with E-state index in [1.54, 1.807) is 0 Å². The van der Waals surface area contributed by atoms with Crippen LogP contribution >= 0.6 is 0 Å². The summed E-state index contributed by atoms with van der Waals surface area (Å²) < 4.78 is 5.74. The molecule has 3 rings (SSSR count). The molecule has 0 unspecified atom stereocenters. The zero-order valence-electron chi connectivity index (χ0n) is 18.2. The van der Waals surface area contributed by atoms with Crippen molar-refractivity contribution in [2.24, 2.45) is 4.99 Å². The first-order valence-corrected chi connectivity index (χ1v) is 10.8. The van der Waals surface area contributed by atoms with E-state index in [0.29, 0.717) is 13.2 Å². The van der Waals surface area contributed by atoms with Gasteiger partial charge in [0.15, 0.2) is 5.96 Å². The fourth-order valence-electron chi connectivity index (χ4n) is 3.27. The molecule has 1 aromatic carbocycles. The number of hydrogen-bond acceptors (Lipinski definition) is 5. The maximum Gasteiger partial charge on any atom is 0.191 e. The summed E-state index contributed by atoms with van der Waals surface area (Å²) in [5.41, 5.74) is 1.17. The van der Waals surface area contributed by atoms with Crippen LogP contribution in [0.25, 0.3) is 0 Å². The zero-order valence-corrected chi connectivity index (χ0v) is 18.2. The highest BCUT2D eigenvalue weighted by molar-refractivity contribution is 5.79. The second kappa shape index (κ2) is 12.0. The molecular formula is C23H34N6O. The lowest BCUT2D eigenvalue weighted by molar-refractivity contribution is 0.311. The van der Waals surface area contributed by atoms with Crippen molar-refractivity contribution in [3.05, 3.63) is 54.2 Å². The SMILES string of the molecule is CCNC(=NCc1ccnc(N2CCN(C)CC2)c1)NCCCOc1ccccc1. The summed E-state index contributed by atoms with van der Waals surface area (Å²) in [6, 6.07) is 14.1. The van der Waals surface area contributed by atoms with Crippen molar-refractivity contribution in [1.82, 2.24) is 20.5 Å². The Labute approximate surface area is 180 Å². The molecule has 0 atom stereocenters. The third-order valence-corrected chi connectivity index (χ3v) is 5.03. The van der Waals surface area contributed by atoms with Gasteiger partial charge in [0, 0.05) is 45.5 Å². The summed E-state index contributed by atoms with van der Waals surface area (Å²) in [4.78, 5) is 14.0. The molecule has 0 saturated carbocycles. The van der Waals surface area contributed by atoms with Crippen molar-refractivity contribution >= 4 is 11.8 Å². The third kappa shape index (κ3) is 7.22. The average molecular weight is 411 g/mol. The highest BCUT2D eigenvalue weighted by Gasteiger charge is 2.15. The van der Waals surface area contributed by atoms with E-state index >= 15 is 0 Å². The van der Waals surface area contributed by atoms with Crippen LogP contribution in [-0.4, -0.2) is 68.8 Å². The topological polar surface area (TPSA) is 65.0 Å². The quantitative estimate of drug-likeness (QED) is 0.376. The van der Waals surface area contributed by atoms with E-state index in [0.717, 1.165) is 63.2 Å². The minimum atomic E-state index is 0.624. The number of nitrogens with one attached hydrogen (secondary N) is 2. The highest BCUT2D eigenvalue weighted by Crippen LogP contribution is 2.15. The van der Waals surface area contributed by atoms with E-state index in [2.05, 4.69) is 45.5 Å². The normalized spacial score (nSPS) is 15.1. The second-order valence-electron chi connectivity index (χ2n) is 7.45. The molecule has 0 bridgehead atoms. The molecular weight excluding hydrogens is 376 g/mol. The molecule has 1 aliphatic rings. The van der Waals surface area contributed by atoms with E-state index in [-0.39, 0.29) is 0 Å². The Balaban J connectivity index is 1.46. The first-order chi connectivity index (χ1) is 14.7. The molecule has 0 spiro atoms. The minimum Gasteiger partial charge on any atom is -0.494 e. The van der Waals surface area contributed by atoms with Gasteiger partial charge in [-0.05, 0) is 50.2 Å². The molecule has 7 heteroatoms. The molecule has 7 nitrogen and oxygen atoms in total. The number of aliphatic imine (C=N–C) groups is 1. The predicted molar refractivity (Wildman–Crippen MR) is 123 cm³/mol. The van der Waals surface area contributed by atoms with Crippen molar-refractivity contribution < 1.29 is 4.74 Å². The summed E-state index contributed by atoms with van der Waals surface area (Å²) >= 11 is 0. The van der Waals surface area contributed by atoms with Gasteiger partial charge in [-0.25, -0.2) is 9.98 Å². The lowest BCUT2D eigenvalue weighted by Crippen LogP contribution is -2.44. The van der Waals surface area contributed by atoms with Crippen LogP contribution in [0.2, 0.25) is 0 Å². The van der Waals surface area contributed by atoms with Crippen LogP contribution in [0.4, 0.5) is 5.82 Å². The van der Waals surface area contributed by atoms with Crippen LogP contribution < -0.4 is 20.3 Å². The van der Waals surface area contributed by atoms with Crippen LogP contribution in [0.3, 0.4) is 0 Å². The van der Waals surface area contributed by atoms with E-state index in [1.807, 2.05) is 42.6 Å². The van der Waals surface area contributed by atoms with E-state index in [1.165, 1.54) is 5.56 Å². The minimum absolute atomic E-state index is 0.624. The Kier molecular flexibility index (Phi) is 8.78. The lowest BCUT2D eigenvalue weighted by Gasteiger charge is -2.33. The molecule has 0 aliphatic carbocycles. The highest BCUT2D eigenvalue weighted by atomic mass is 16.5. The fraction of sp³-hybridized carbons (Fsp3) is 0.478. The van der Waals surface area contributed by atoms with E-state index < -0.39 is 0 Å². The van der Waals surface area contributed by atoms with E-state index in [9.17, 15) is 0 Å². The van der Waals surface area contributed by atoms with Gasteiger partial charge in [0.05, 0.1) is 13.2 Å². The molecule has 2 N–H and O–H groups in total. The van der Waals surface area contributed by atoms with Crippen molar-refractivity contribution in [3.63, 3.8) is 0 Å². The van der Waals surface area contributed by atoms with Gasteiger partial charge in [0.25, 0.3) is 0 Å². The molecule has 0 amide bonds. The van der Waals surface area contributed by atoms with Gasteiger partial charge in [-0.15, -0.1) is 0 Å². The summed E-state index contributed by atoms with van der Waals surface area (Å²) in [5.74, 6) is 2.79. The molecule has 1 fully saturated rings. The maximum absolute atomic E-state index is 5.74. The van der Waals surface area contributed by atoms with Crippen molar-refractivity contribution in [3.8, 4) is 5.75 Å². The van der Waals surface area contributed by atoms with Crippen LogP contribution in [0.1, 0.15) is 18.9 Å². The Morgan fingerprint density at radius 1 is 1.10 bits per heavy atom. The van der Waals surface area contributed by atoms with Crippen LogP contribution in [-0.2, 0) is 6.54 Å². The molecule has 2 heterocycles. The van der Waals surface area contributed by atoms with Crippen molar-refractivity contribution in [1.29, 1.82) is 0 Å². The number of ether oxygens (including phenoxy) is 1. The number of aromatic nitrogens is 1. The summed E-state index contributed by atoms with van der Waals surface area (Å²) in [6.45, 7) is 9.20. The molecule has 0 radical (unpaired) electrons. The van der Waals surface area contributed by atoms with Gasteiger partial charge in [-0.1, -0.05) is 18.2 Å². The number of likely N-dealkylation sites (N-methyl/N-ethyl adjacent to an activating group) is 1. The van der Waals surface area contributed by atoms with Gasteiger partial charge < -0.3 is 25.2 Å². The number of guanidine groups is 1. The van der Waals surface area contributed by atoms with Crippen LogP contribution in [0.15, 0.2) is 53.7 Å². The van der Waals surface area contributed by atoms with Gasteiger partial charge in [0.1, 0.15) is 11.6 Å². The van der Waals surface area contributed by atoms with Crippen molar-refractivity contribution in [2.75, 3.05) is 57.8 Å². The molecule has 2 aromatic rings. The standard InChI is InChI=1S/C23H34N6O/c1-3-24-23(26-11-7-17-30-21-8-5-4-6-9-21)27-19-20-10-12-25-22(18-20)29-15-13-28(2)14-16-29/h4-6,8-10,12,18H,3,7,11,13-17,19H2,1-2H3,(H2,24,26,27). The fourth-order valence-corrected chi connectivity index (χ4v) is 3.27. The number of hydrogen-bond donors (Lipinski definition) is 2. The molecule has 162 valence electrons. The number of piperazine rings is 1.